The minimum Gasteiger partial charge on any atom is -0.461 e. The average Bonchev–Trinajstić information content (AvgIpc) is 2.43. The van der Waals surface area contributed by atoms with Gasteiger partial charge in [0, 0.05) is 19.3 Å². The molecule has 4 nitrogen and oxygen atoms in total. The highest BCUT2D eigenvalue weighted by Gasteiger charge is 2.11. The number of likely N-dealkylation sites (N-methyl/N-ethyl adjacent to an activating group) is 1. The van der Waals surface area contributed by atoms with Crippen molar-refractivity contribution in [2.45, 2.75) is 13.8 Å². The number of hydrogen-bond donors (Lipinski definition) is 1. The summed E-state index contributed by atoms with van der Waals surface area (Å²) in [5.41, 5.74) is 1.38. The van der Waals surface area contributed by atoms with E-state index in [1.54, 1.807) is 13.1 Å². The lowest BCUT2D eigenvalue weighted by molar-refractivity contribution is 0.0467. The fourth-order valence-corrected chi connectivity index (χ4v) is 1.76. The summed E-state index contributed by atoms with van der Waals surface area (Å²) in [6.45, 7) is 7.35. The summed E-state index contributed by atoms with van der Waals surface area (Å²) in [6.07, 6.45) is 0. The molecule has 0 aliphatic heterocycles. The molecule has 0 aliphatic carbocycles. The third-order valence-corrected chi connectivity index (χ3v) is 2.95. The van der Waals surface area contributed by atoms with Gasteiger partial charge >= 0.3 is 5.97 Å². The van der Waals surface area contributed by atoms with Crippen LogP contribution in [0.3, 0.4) is 0 Å². The van der Waals surface area contributed by atoms with Crippen molar-refractivity contribution in [3.05, 3.63) is 29.8 Å². The summed E-state index contributed by atoms with van der Waals surface area (Å²) in [5, 5.41) is 2.99. The van der Waals surface area contributed by atoms with Crippen molar-refractivity contribution < 1.29 is 9.53 Å². The molecule has 0 fully saturated rings. The van der Waals surface area contributed by atoms with Crippen LogP contribution in [0.25, 0.3) is 0 Å². The van der Waals surface area contributed by atoms with Gasteiger partial charge in [0.05, 0.1) is 5.56 Å². The molecule has 0 atom stereocenters. The van der Waals surface area contributed by atoms with E-state index in [-0.39, 0.29) is 5.97 Å². The fraction of sp³-hybridized carbons (Fsp3) is 0.500. The summed E-state index contributed by atoms with van der Waals surface area (Å²) < 4.78 is 5.28. The van der Waals surface area contributed by atoms with Gasteiger partial charge in [-0.25, -0.2) is 4.79 Å². The minimum absolute atomic E-state index is 0.271. The number of anilines is 1. The Kier molecular flexibility index (Phi) is 6.22. The highest BCUT2D eigenvalue weighted by molar-refractivity contribution is 5.95. The molecule has 18 heavy (non-hydrogen) atoms. The monoisotopic (exact) mass is 250 g/mol. The van der Waals surface area contributed by atoms with Gasteiger partial charge in [0.25, 0.3) is 0 Å². The van der Waals surface area contributed by atoms with E-state index in [9.17, 15) is 4.79 Å². The lowest BCUT2D eigenvalue weighted by Crippen LogP contribution is -2.28. The van der Waals surface area contributed by atoms with Crippen LogP contribution in [-0.2, 0) is 4.74 Å². The van der Waals surface area contributed by atoms with Crippen LogP contribution >= 0.6 is 0 Å². The molecule has 0 saturated carbocycles. The molecule has 1 aromatic carbocycles. The molecule has 0 amide bonds. The Morgan fingerprint density at radius 1 is 1.28 bits per heavy atom. The number of nitrogens with one attached hydrogen (secondary N) is 1. The number of ether oxygens (including phenoxy) is 1. The molecular weight excluding hydrogens is 228 g/mol. The SMILES string of the molecule is CCN(CC)CCOC(=O)c1ccccc1NC. The first-order valence-electron chi connectivity index (χ1n) is 6.39. The normalized spacial score (nSPS) is 10.4. The average molecular weight is 250 g/mol. The third kappa shape index (κ3) is 4.04. The Hall–Kier alpha value is -1.55. The third-order valence-electron chi connectivity index (χ3n) is 2.95. The zero-order chi connectivity index (χ0) is 13.4. The standard InChI is InChI=1S/C14H22N2O2/c1-4-16(5-2)10-11-18-14(17)12-8-6-7-9-13(12)15-3/h6-9,15H,4-5,10-11H2,1-3H3. The highest BCUT2D eigenvalue weighted by Crippen LogP contribution is 2.15. The predicted molar refractivity (Wildman–Crippen MR) is 74.1 cm³/mol. The van der Waals surface area contributed by atoms with Gasteiger partial charge < -0.3 is 15.0 Å². The molecule has 1 N–H and O–H groups in total. The first kappa shape index (κ1) is 14.5. The molecule has 0 aliphatic rings. The predicted octanol–water partition coefficient (Wildman–Crippen LogP) is 2.23. The molecule has 4 heteroatoms. The van der Waals surface area contributed by atoms with Crippen LogP contribution in [-0.4, -0.2) is 44.2 Å². The highest BCUT2D eigenvalue weighted by atomic mass is 16.5. The van der Waals surface area contributed by atoms with Gasteiger partial charge in [-0.05, 0) is 25.2 Å². The fourth-order valence-electron chi connectivity index (χ4n) is 1.76. The van der Waals surface area contributed by atoms with Crippen LogP contribution in [0.4, 0.5) is 5.69 Å². The van der Waals surface area contributed by atoms with Crippen LogP contribution in [0.1, 0.15) is 24.2 Å². The topological polar surface area (TPSA) is 41.6 Å². The van der Waals surface area contributed by atoms with E-state index in [0.29, 0.717) is 12.2 Å². The van der Waals surface area contributed by atoms with Gasteiger partial charge in [-0.3, -0.25) is 0 Å². The maximum atomic E-state index is 11.9. The lowest BCUT2D eigenvalue weighted by Gasteiger charge is -2.17. The van der Waals surface area contributed by atoms with Crippen molar-refractivity contribution in [1.82, 2.24) is 4.90 Å². The Bertz CT molecular complexity index is 376. The molecule has 0 unspecified atom stereocenters. The number of para-hydroxylation sites is 1. The number of hydrogen-bond acceptors (Lipinski definition) is 4. The van der Waals surface area contributed by atoms with E-state index in [0.717, 1.165) is 25.3 Å². The Morgan fingerprint density at radius 2 is 1.94 bits per heavy atom. The second kappa shape index (κ2) is 7.71. The molecule has 0 bridgehead atoms. The second-order valence-electron chi connectivity index (χ2n) is 3.96. The summed E-state index contributed by atoms with van der Waals surface area (Å²) >= 11 is 0. The van der Waals surface area contributed by atoms with Crippen LogP contribution in [0.15, 0.2) is 24.3 Å². The van der Waals surface area contributed by atoms with Crippen molar-refractivity contribution in [3.63, 3.8) is 0 Å². The van der Waals surface area contributed by atoms with Crippen molar-refractivity contribution in [3.8, 4) is 0 Å². The van der Waals surface area contributed by atoms with Crippen LogP contribution in [0, 0.1) is 0 Å². The van der Waals surface area contributed by atoms with E-state index in [2.05, 4.69) is 24.1 Å². The van der Waals surface area contributed by atoms with Gasteiger partial charge in [0.2, 0.25) is 0 Å². The second-order valence-corrected chi connectivity index (χ2v) is 3.96. The quantitative estimate of drug-likeness (QED) is 0.753. The Morgan fingerprint density at radius 3 is 2.56 bits per heavy atom. The Balaban J connectivity index is 2.50. The number of carbonyl (C=O) groups excluding carboxylic acids is 1. The smallest absolute Gasteiger partial charge is 0.340 e. The molecule has 0 spiro atoms. The van der Waals surface area contributed by atoms with Crippen molar-refractivity contribution in [2.24, 2.45) is 0 Å². The Labute approximate surface area is 109 Å². The van der Waals surface area contributed by atoms with Crippen LogP contribution < -0.4 is 5.32 Å². The first-order valence-corrected chi connectivity index (χ1v) is 6.39. The molecule has 0 radical (unpaired) electrons. The molecular formula is C14H22N2O2. The number of rotatable bonds is 7. The van der Waals surface area contributed by atoms with E-state index in [1.807, 2.05) is 18.2 Å². The van der Waals surface area contributed by atoms with E-state index in [4.69, 9.17) is 4.74 Å². The van der Waals surface area contributed by atoms with Gasteiger partial charge in [0.1, 0.15) is 6.61 Å². The minimum atomic E-state index is -0.271. The van der Waals surface area contributed by atoms with Gasteiger partial charge in [-0.15, -0.1) is 0 Å². The van der Waals surface area contributed by atoms with E-state index in [1.165, 1.54) is 0 Å². The van der Waals surface area contributed by atoms with Crippen molar-refractivity contribution in [2.75, 3.05) is 38.6 Å². The number of nitrogens with zero attached hydrogens (tertiary/aromatic N) is 1. The van der Waals surface area contributed by atoms with E-state index >= 15 is 0 Å². The van der Waals surface area contributed by atoms with Crippen LogP contribution in [0.5, 0.6) is 0 Å². The molecule has 1 rings (SSSR count). The first-order chi connectivity index (χ1) is 8.72. The zero-order valence-electron chi connectivity index (χ0n) is 11.4. The molecule has 0 heterocycles. The maximum Gasteiger partial charge on any atom is 0.340 e. The molecule has 100 valence electrons. The van der Waals surface area contributed by atoms with Crippen molar-refractivity contribution >= 4 is 11.7 Å². The largest absolute Gasteiger partial charge is 0.461 e. The summed E-state index contributed by atoms with van der Waals surface area (Å²) in [5.74, 6) is -0.271. The number of benzene rings is 1. The van der Waals surface area contributed by atoms with Crippen LogP contribution in [0.2, 0.25) is 0 Å². The lowest BCUT2D eigenvalue weighted by atomic mass is 10.2. The van der Waals surface area contributed by atoms with Gasteiger partial charge in [-0.1, -0.05) is 26.0 Å². The number of carbonyl (C=O) groups is 1. The molecule has 1 aromatic rings. The zero-order valence-corrected chi connectivity index (χ0v) is 11.4. The number of esters is 1. The summed E-state index contributed by atoms with van der Waals surface area (Å²) in [7, 11) is 1.79. The van der Waals surface area contributed by atoms with E-state index < -0.39 is 0 Å². The summed E-state index contributed by atoms with van der Waals surface area (Å²) in [6, 6.07) is 7.35. The summed E-state index contributed by atoms with van der Waals surface area (Å²) in [4.78, 5) is 14.1. The molecule has 0 aromatic heterocycles. The van der Waals surface area contributed by atoms with Crippen molar-refractivity contribution in [1.29, 1.82) is 0 Å². The van der Waals surface area contributed by atoms with Gasteiger partial charge in [-0.2, -0.15) is 0 Å². The van der Waals surface area contributed by atoms with Gasteiger partial charge in [0.15, 0.2) is 0 Å². The molecule has 0 saturated heterocycles. The maximum absolute atomic E-state index is 11.9.